The molecule has 0 radical (unpaired) electrons. The Morgan fingerprint density at radius 3 is 2.00 bits per heavy atom. The van der Waals surface area contributed by atoms with E-state index in [1.807, 2.05) is 12.1 Å². The molecule has 0 saturated carbocycles. The predicted molar refractivity (Wildman–Crippen MR) is 67.7 cm³/mol. The minimum absolute atomic E-state index is 0.414. The molecule has 2 rings (SSSR count). The molecule has 0 amide bonds. The molecule has 0 fully saturated rings. The number of rotatable bonds is 3. The van der Waals surface area contributed by atoms with Crippen LogP contribution in [0.15, 0.2) is 54.6 Å². The monoisotopic (exact) mass is 239 g/mol. The van der Waals surface area contributed by atoms with Crippen molar-refractivity contribution < 1.29 is 10.2 Å². The Kier molecular flexibility index (Phi) is 3.42. The molecular formula is C15H13NO2. The van der Waals surface area contributed by atoms with E-state index < -0.39 is 12.2 Å². The van der Waals surface area contributed by atoms with Crippen molar-refractivity contribution in [3.63, 3.8) is 0 Å². The molecule has 0 aliphatic heterocycles. The average molecular weight is 239 g/mol. The summed E-state index contributed by atoms with van der Waals surface area (Å²) in [4.78, 5) is 0. The molecule has 1 unspecified atom stereocenters. The molecule has 0 saturated heterocycles. The molecule has 90 valence electrons. The van der Waals surface area contributed by atoms with Gasteiger partial charge in [-0.2, -0.15) is 5.26 Å². The third-order valence-electron chi connectivity index (χ3n) is 2.97. The first kappa shape index (κ1) is 12.3. The number of aliphatic hydroxyl groups is 2. The second kappa shape index (κ2) is 5.01. The van der Waals surface area contributed by atoms with E-state index in [9.17, 15) is 10.2 Å². The zero-order chi connectivity index (χ0) is 13.0. The SMILES string of the molecule is N#Cc1ccc(C(O)(CO)c2ccccc2)cc1. The first-order chi connectivity index (χ1) is 8.70. The van der Waals surface area contributed by atoms with Crippen LogP contribution >= 0.6 is 0 Å². The summed E-state index contributed by atoms with van der Waals surface area (Å²) in [6.45, 7) is -0.414. The van der Waals surface area contributed by atoms with Gasteiger partial charge in [0, 0.05) is 0 Å². The van der Waals surface area contributed by atoms with Crippen LogP contribution in [0.2, 0.25) is 0 Å². The smallest absolute Gasteiger partial charge is 0.138 e. The number of hydrogen-bond donors (Lipinski definition) is 2. The van der Waals surface area contributed by atoms with Gasteiger partial charge in [0.05, 0.1) is 18.2 Å². The van der Waals surface area contributed by atoms with E-state index in [1.165, 1.54) is 0 Å². The van der Waals surface area contributed by atoms with Crippen molar-refractivity contribution in [3.05, 3.63) is 71.3 Å². The molecule has 3 heteroatoms. The van der Waals surface area contributed by atoms with Crippen LogP contribution < -0.4 is 0 Å². The van der Waals surface area contributed by atoms with E-state index in [0.717, 1.165) is 0 Å². The number of nitrogens with zero attached hydrogens (tertiary/aromatic N) is 1. The fourth-order valence-electron chi connectivity index (χ4n) is 1.88. The molecule has 3 nitrogen and oxygen atoms in total. The summed E-state index contributed by atoms with van der Waals surface area (Å²) in [7, 11) is 0. The lowest BCUT2D eigenvalue weighted by molar-refractivity contribution is 0.0173. The van der Waals surface area contributed by atoms with E-state index in [2.05, 4.69) is 0 Å². The zero-order valence-electron chi connectivity index (χ0n) is 9.74. The van der Waals surface area contributed by atoms with E-state index >= 15 is 0 Å². The van der Waals surface area contributed by atoms with Gasteiger partial charge in [-0.1, -0.05) is 42.5 Å². The van der Waals surface area contributed by atoms with Gasteiger partial charge in [0.15, 0.2) is 0 Å². The second-order valence-corrected chi connectivity index (χ2v) is 4.07. The molecule has 2 aromatic rings. The highest BCUT2D eigenvalue weighted by molar-refractivity contribution is 5.40. The van der Waals surface area contributed by atoms with Crippen LogP contribution in [-0.2, 0) is 5.60 Å². The molecule has 0 aliphatic rings. The van der Waals surface area contributed by atoms with Gasteiger partial charge in [-0.15, -0.1) is 0 Å². The van der Waals surface area contributed by atoms with E-state index in [1.54, 1.807) is 48.5 Å². The maximum absolute atomic E-state index is 10.6. The van der Waals surface area contributed by atoms with Gasteiger partial charge >= 0.3 is 0 Å². The minimum Gasteiger partial charge on any atom is -0.393 e. The summed E-state index contributed by atoms with van der Waals surface area (Å²) < 4.78 is 0. The normalized spacial score (nSPS) is 13.6. The third-order valence-corrected chi connectivity index (χ3v) is 2.97. The molecule has 0 heterocycles. The van der Waals surface area contributed by atoms with Crippen molar-refractivity contribution in [1.29, 1.82) is 5.26 Å². The third kappa shape index (κ3) is 2.12. The number of benzene rings is 2. The quantitative estimate of drug-likeness (QED) is 0.858. The van der Waals surface area contributed by atoms with Gasteiger partial charge in [0.2, 0.25) is 0 Å². The number of hydrogen-bond acceptors (Lipinski definition) is 3. The second-order valence-electron chi connectivity index (χ2n) is 4.07. The van der Waals surface area contributed by atoms with Crippen LogP contribution in [0.25, 0.3) is 0 Å². The van der Waals surface area contributed by atoms with Gasteiger partial charge < -0.3 is 10.2 Å². The fraction of sp³-hybridized carbons (Fsp3) is 0.133. The molecule has 0 bridgehead atoms. The minimum atomic E-state index is -1.44. The number of nitriles is 1. The van der Waals surface area contributed by atoms with Crippen LogP contribution in [-0.4, -0.2) is 16.8 Å². The maximum atomic E-state index is 10.6. The van der Waals surface area contributed by atoms with E-state index in [4.69, 9.17) is 5.26 Å². The van der Waals surface area contributed by atoms with Crippen LogP contribution in [0.4, 0.5) is 0 Å². The van der Waals surface area contributed by atoms with Crippen LogP contribution in [0.1, 0.15) is 16.7 Å². The molecule has 2 N–H and O–H groups in total. The molecule has 18 heavy (non-hydrogen) atoms. The van der Waals surface area contributed by atoms with Crippen molar-refractivity contribution in [2.24, 2.45) is 0 Å². The van der Waals surface area contributed by atoms with Crippen molar-refractivity contribution in [2.75, 3.05) is 6.61 Å². The molecular weight excluding hydrogens is 226 g/mol. The predicted octanol–water partition coefficient (Wildman–Crippen LogP) is 1.79. The van der Waals surface area contributed by atoms with Gasteiger partial charge in [-0.25, -0.2) is 0 Å². The highest BCUT2D eigenvalue weighted by atomic mass is 16.3. The summed E-state index contributed by atoms with van der Waals surface area (Å²) in [5, 5.41) is 28.8. The van der Waals surface area contributed by atoms with Crippen molar-refractivity contribution in [2.45, 2.75) is 5.60 Å². The summed E-state index contributed by atoms with van der Waals surface area (Å²) >= 11 is 0. The van der Waals surface area contributed by atoms with Gasteiger partial charge in [-0.3, -0.25) is 0 Å². The lowest BCUT2D eigenvalue weighted by Crippen LogP contribution is -2.31. The van der Waals surface area contributed by atoms with Crippen LogP contribution in [0.5, 0.6) is 0 Å². The van der Waals surface area contributed by atoms with E-state index in [0.29, 0.717) is 16.7 Å². The topological polar surface area (TPSA) is 64.2 Å². The van der Waals surface area contributed by atoms with Crippen molar-refractivity contribution in [3.8, 4) is 6.07 Å². The fourth-order valence-corrected chi connectivity index (χ4v) is 1.88. The average Bonchev–Trinajstić information content (AvgIpc) is 2.47. The van der Waals surface area contributed by atoms with Crippen LogP contribution in [0, 0.1) is 11.3 Å². The maximum Gasteiger partial charge on any atom is 0.138 e. The summed E-state index contributed by atoms with van der Waals surface area (Å²) in [5.74, 6) is 0. The first-order valence-electron chi connectivity index (χ1n) is 5.60. The van der Waals surface area contributed by atoms with Crippen molar-refractivity contribution >= 4 is 0 Å². The Hall–Kier alpha value is -2.15. The molecule has 2 aromatic carbocycles. The Morgan fingerprint density at radius 2 is 1.50 bits per heavy atom. The Morgan fingerprint density at radius 1 is 0.944 bits per heavy atom. The zero-order valence-corrected chi connectivity index (χ0v) is 9.74. The first-order valence-corrected chi connectivity index (χ1v) is 5.60. The Balaban J connectivity index is 2.47. The summed E-state index contributed by atoms with van der Waals surface area (Å²) in [6.07, 6.45) is 0. The molecule has 0 aliphatic carbocycles. The van der Waals surface area contributed by atoms with Gasteiger partial charge in [0.1, 0.15) is 5.60 Å². The largest absolute Gasteiger partial charge is 0.393 e. The van der Waals surface area contributed by atoms with E-state index in [-0.39, 0.29) is 0 Å². The van der Waals surface area contributed by atoms with Crippen LogP contribution in [0.3, 0.4) is 0 Å². The standard InChI is InChI=1S/C15H13NO2/c16-10-12-6-8-14(9-7-12)15(18,11-17)13-4-2-1-3-5-13/h1-9,17-18H,11H2. The number of aliphatic hydroxyl groups excluding tert-OH is 1. The Bertz CT molecular complexity index is 557. The van der Waals surface area contributed by atoms with Gasteiger partial charge in [-0.05, 0) is 23.3 Å². The Labute approximate surface area is 106 Å². The summed E-state index contributed by atoms with van der Waals surface area (Å²) in [5.41, 5.74) is 0.273. The lowest BCUT2D eigenvalue weighted by Gasteiger charge is -2.27. The molecule has 0 spiro atoms. The highest BCUT2D eigenvalue weighted by Gasteiger charge is 2.30. The lowest BCUT2D eigenvalue weighted by atomic mass is 9.87. The molecule has 1 atom stereocenters. The van der Waals surface area contributed by atoms with Gasteiger partial charge in [0.25, 0.3) is 0 Å². The van der Waals surface area contributed by atoms with Crippen molar-refractivity contribution in [1.82, 2.24) is 0 Å². The molecule has 0 aromatic heterocycles. The highest BCUT2D eigenvalue weighted by Crippen LogP contribution is 2.29. The summed E-state index contributed by atoms with van der Waals surface area (Å²) in [6, 6.07) is 17.6.